The Balaban J connectivity index is 3.47. The fraction of sp³-hybridized carbons (Fsp3) is 0.400. The number of ether oxygens (including phenoxy) is 1. The molecule has 0 amide bonds. The number of carbonyl (C=O) groups is 1. The molecule has 4 nitrogen and oxygen atoms in total. The van der Waals surface area contributed by atoms with Crippen LogP contribution in [0.1, 0.15) is 35.0 Å². The smallest absolute Gasteiger partial charge is 0.419 e. The molecule has 0 radical (unpaired) electrons. The summed E-state index contributed by atoms with van der Waals surface area (Å²) in [4.78, 5) is 14.5. The first-order valence-electron chi connectivity index (χ1n) is 5.01. The van der Waals surface area contributed by atoms with Crippen molar-refractivity contribution in [2.45, 2.75) is 19.5 Å². The Morgan fingerprint density at radius 3 is 2.47 bits per heavy atom. The van der Waals surface area contributed by atoms with Crippen LogP contribution in [0.5, 0.6) is 0 Å². The lowest BCUT2D eigenvalue weighted by atomic mass is 10.1. The monoisotopic (exact) mass is 284 g/mol. The van der Waals surface area contributed by atoms with Crippen LogP contribution < -0.4 is 5.73 Å². The van der Waals surface area contributed by atoms with E-state index in [1.54, 1.807) is 0 Å². The maximum Gasteiger partial charge on any atom is 0.419 e. The average Bonchev–Trinajstić information content (AvgIpc) is 2.26. The second kappa shape index (κ2) is 5.37. The van der Waals surface area contributed by atoms with Crippen molar-refractivity contribution in [3.63, 3.8) is 0 Å². The molecule has 1 aromatic rings. The molecule has 0 aliphatic carbocycles. The third-order valence-electron chi connectivity index (χ3n) is 2.13. The highest BCUT2D eigenvalue weighted by Crippen LogP contribution is 2.40. The molecule has 9 heteroatoms. The van der Waals surface area contributed by atoms with Crippen LogP contribution in [0.15, 0.2) is 6.20 Å². The zero-order chi connectivity index (χ0) is 14.8. The van der Waals surface area contributed by atoms with Crippen LogP contribution in [0.4, 0.5) is 27.6 Å². The number of pyridine rings is 1. The zero-order valence-corrected chi connectivity index (χ0v) is 9.59. The van der Waals surface area contributed by atoms with Gasteiger partial charge in [0.15, 0.2) is 5.69 Å². The second-order valence-electron chi connectivity index (χ2n) is 3.37. The molecule has 0 atom stereocenters. The Bertz CT molecular complexity index is 488. The number of esters is 1. The number of hydrogen-bond donors (Lipinski definition) is 1. The van der Waals surface area contributed by atoms with Gasteiger partial charge in [-0.1, -0.05) is 0 Å². The van der Waals surface area contributed by atoms with E-state index >= 15 is 0 Å². The lowest BCUT2D eigenvalue weighted by Gasteiger charge is -2.16. The van der Waals surface area contributed by atoms with E-state index in [4.69, 9.17) is 5.73 Å². The highest BCUT2D eigenvalue weighted by Gasteiger charge is 2.40. The fourth-order valence-electron chi connectivity index (χ4n) is 1.39. The van der Waals surface area contributed by atoms with Crippen LogP contribution in [-0.2, 0) is 10.9 Å². The largest absolute Gasteiger partial charge is 0.461 e. The first-order valence-corrected chi connectivity index (χ1v) is 5.01. The molecule has 0 saturated heterocycles. The predicted octanol–water partition coefficient (Wildman–Crippen LogP) is 2.80. The lowest BCUT2D eigenvalue weighted by Crippen LogP contribution is -2.19. The molecule has 106 valence electrons. The van der Waals surface area contributed by atoms with Gasteiger partial charge in [0.1, 0.15) is 0 Å². The Morgan fingerprint density at radius 2 is 2.05 bits per heavy atom. The SMILES string of the molecule is CCOC(=O)c1ncc(C(F)F)c(C(F)(F)F)c1N. The van der Waals surface area contributed by atoms with Crippen molar-refractivity contribution in [1.82, 2.24) is 4.98 Å². The lowest BCUT2D eigenvalue weighted by molar-refractivity contribution is -0.138. The number of rotatable bonds is 3. The first-order chi connectivity index (χ1) is 8.70. The van der Waals surface area contributed by atoms with E-state index in [0.29, 0.717) is 0 Å². The third-order valence-corrected chi connectivity index (χ3v) is 2.13. The van der Waals surface area contributed by atoms with Crippen molar-refractivity contribution in [3.05, 3.63) is 23.0 Å². The van der Waals surface area contributed by atoms with E-state index in [2.05, 4.69) is 9.72 Å². The van der Waals surface area contributed by atoms with Gasteiger partial charge in [-0.05, 0) is 6.92 Å². The Labute approximate surface area is 104 Å². The summed E-state index contributed by atoms with van der Waals surface area (Å²) in [6.45, 7) is 1.31. The predicted molar refractivity (Wildman–Crippen MR) is 54.6 cm³/mol. The van der Waals surface area contributed by atoms with Crippen molar-refractivity contribution in [2.75, 3.05) is 12.3 Å². The molecule has 0 aliphatic heterocycles. The highest BCUT2D eigenvalue weighted by molar-refractivity contribution is 5.94. The molecule has 0 aliphatic rings. The maximum atomic E-state index is 12.7. The first kappa shape index (κ1) is 15.1. The molecule has 0 spiro atoms. The Morgan fingerprint density at radius 1 is 1.47 bits per heavy atom. The summed E-state index contributed by atoms with van der Waals surface area (Å²) < 4.78 is 67.6. The number of hydrogen-bond acceptors (Lipinski definition) is 4. The van der Waals surface area contributed by atoms with Gasteiger partial charge < -0.3 is 10.5 Å². The summed E-state index contributed by atoms with van der Waals surface area (Å²) in [5, 5.41) is 0. The van der Waals surface area contributed by atoms with Gasteiger partial charge in [-0.25, -0.2) is 18.6 Å². The molecule has 0 aromatic carbocycles. The van der Waals surface area contributed by atoms with E-state index in [1.165, 1.54) is 6.92 Å². The number of nitrogens with two attached hydrogens (primary N) is 1. The normalized spacial score (nSPS) is 11.7. The van der Waals surface area contributed by atoms with Crippen molar-refractivity contribution in [3.8, 4) is 0 Å². The molecule has 2 N–H and O–H groups in total. The third kappa shape index (κ3) is 3.09. The maximum absolute atomic E-state index is 12.7. The van der Waals surface area contributed by atoms with Crippen molar-refractivity contribution in [2.24, 2.45) is 0 Å². The number of alkyl halides is 5. The van der Waals surface area contributed by atoms with E-state index in [0.717, 1.165) is 0 Å². The van der Waals surface area contributed by atoms with E-state index in [9.17, 15) is 26.7 Å². The van der Waals surface area contributed by atoms with Crippen LogP contribution in [0, 0.1) is 0 Å². The molecule has 0 unspecified atom stereocenters. The summed E-state index contributed by atoms with van der Waals surface area (Å²) in [5.41, 5.74) is -0.0154. The number of nitrogens with zero attached hydrogens (tertiary/aromatic N) is 1. The number of aromatic nitrogens is 1. The topological polar surface area (TPSA) is 65.2 Å². The minimum atomic E-state index is -5.12. The van der Waals surface area contributed by atoms with Crippen LogP contribution in [-0.4, -0.2) is 17.6 Å². The molecule has 19 heavy (non-hydrogen) atoms. The molecule has 0 bridgehead atoms. The highest BCUT2D eigenvalue weighted by atomic mass is 19.4. The number of halogens is 5. The van der Waals surface area contributed by atoms with Gasteiger partial charge in [0.25, 0.3) is 6.43 Å². The summed E-state index contributed by atoms with van der Waals surface area (Å²) in [7, 11) is 0. The van der Waals surface area contributed by atoms with Crippen LogP contribution in [0.2, 0.25) is 0 Å². The van der Waals surface area contributed by atoms with Crippen LogP contribution in [0.3, 0.4) is 0 Å². The molecular formula is C10H9F5N2O2. The molecule has 1 heterocycles. The van der Waals surface area contributed by atoms with Gasteiger partial charge in [-0.2, -0.15) is 13.2 Å². The van der Waals surface area contributed by atoms with Gasteiger partial charge in [0, 0.05) is 6.20 Å². The van der Waals surface area contributed by atoms with Gasteiger partial charge in [-0.3, -0.25) is 0 Å². The van der Waals surface area contributed by atoms with Gasteiger partial charge in [-0.15, -0.1) is 0 Å². The second-order valence-corrected chi connectivity index (χ2v) is 3.37. The number of nitrogen functional groups attached to an aromatic ring is 1. The van der Waals surface area contributed by atoms with E-state index in [1.807, 2.05) is 0 Å². The van der Waals surface area contributed by atoms with E-state index in [-0.39, 0.29) is 12.8 Å². The van der Waals surface area contributed by atoms with Gasteiger partial charge in [0.2, 0.25) is 0 Å². The van der Waals surface area contributed by atoms with Crippen LogP contribution >= 0.6 is 0 Å². The zero-order valence-electron chi connectivity index (χ0n) is 9.59. The molecular weight excluding hydrogens is 275 g/mol. The molecule has 1 aromatic heterocycles. The quantitative estimate of drug-likeness (QED) is 0.684. The molecule has 0 fully saturated rings. The Hall–Kier alpha value is -1.93. The summed E-state index contributed by atoms with van der Waals surface area (Å²) >= 11 is 0. The van der Waals surface area contributed by atoms with Crippen molar-refractivity contribution in [1.29, 1.82) is 0 Å². The standard InChI is InChI=1S/C10H9F5N2O2/c1-2-19-9(18)7-6(16)5(10(13,14)15)4(3-17-7)8(11)12/h3,8H,2,16H2,1H3. The minimum Gasteiger partial charge on any atom is -0.461 e. The molecule has 0 saturated carbocycles. The minimum absolute atomic E-state index is 0.113. The van der Waals surface area contributed by atoms with E-state index < -0.39 is 41.1 Å². The van der Waals surface area contributed by atoms with Crippen LogP contribution in [0.25, 0.3) is 0 Å². The Kier molecular flexibility index (Phi) is 4.28. The summed E-state index contributed by atoms with van der Waals surface area (Å²) in [5.74, 6) is -1.20. The number of anilines is 1. The summed E-state index contributed by atoms with van der Waals surface area (Å²) in [6.07, 6.45) is -8.27. The van der Waals surface area contributed by atoms with Gasteiger partial charge >= 0.3 is 12.1 Å². The van der Waals surface area contributed by atoms with Crippen molar-refractivity contribution < 1.29 is 31.5 Å². The summed E-state index contributed by atoms with van der Waals surface area (Å²) in [6, 6.07) is 0. The van der Waals surface area contributed by atoms with Crippen molar-refractivity contribution >= 4 is 11.7 Å². The molecule has 1 rings (SSSR count). The average molecular weight is 284 g/mol. The fourth-order valence-corrected chi connectivity index (χ4v) is 1.39. The number of carbonyl (C=O) groups excluding carboxylic acids is 1. The van der Waals surface area contributed by atoms with Gasteiger partial charge in [0.05, 0.1) is 23.4 Å².